The molecule has 2 amide bonds. The minimum atomic E-state index is -0.0248. The third-order valence-electron chi connectivity index (χ3n) is 11.9. The molecule has 2 saturated heterocycles. The Morgan fingerprint density at radius 2 is 1.74 bits per heavy atom. The number of carbonyl (C=O) groups is 1. The second-order valence-corrected chi connectivity index (χ2v) is 16.0. The van der Waals surface area contributed by atoms with E-state index in [1.807, 2.05) is 24.0 Å². The first-order valence-electron chi connectivity index (χ1n) is 17.8. The molecule has 6 fully saturated rings. The molecule has 0 aromatic carbocycles. The Bertz CT molecular complexity index is 1430. The fraction of sp³-hybridized carbons (Fsp3) is 0.658. The van der Waals surface area contributed by atoms with Crippen molar-refractivity contribution in [3.63, 3.8) is 0 Å². The van der Waals surface area contributed by atoms with Crippen molar-refractivity contribution < 1.29 is 11.7 Å². The zero-order valence-corrected chi connectivity index (χ0v) is 28.7. The fourth-order valence-electron chi connectivity index (χ4n) is 10.2. The highest BCUT2D eigenvalue weighted by Crippen LogP contribution is 2.55. The van der Waals surface area contributed by atoms with Crippen LogP contribution in [0.5, 0.6) is 0 Å². The van der Waals surface area contributed by atoms with E-state index in [0.717, 1.165) is 97.5 Å². The van der Waals surface area contributed by atoms with Crippen molar-refractivity contribution >= 4 is 29.1 Å². The van der Waals surface area contributed by atoms with Gasteiger partial charge in [0, 0.05) is 49.9 Å². The molecule has 2 aliphatic heterocycles. The molecule has 8 nitrogen and oxygen atoms in total. The molecule has 4 bridgehead atoms. The Morgan fingerprint density at radius 3 is 2.46 bits per heavy atom. The molecule has 2 unspecified atom stereocenters. The maximum atomic E-state index is 14.3. The van der Waals surface area contributed by atoms with E-state index in [1.54, 1.807) is 0 Å². The number of rotatable bonds is 9. The molecule has 8 rings (SSSR count). The monoisotopic (exact) mass is 630 g/mol. The lowest BCUT2D eigenvalue weighted by atomic mass is 9.57. The van der Waals surface area contributed by atoms with E-state index >= 15 is 0 Å². The summed E-state index contributed by atoms with van der Waals surface area (Å²) in [6.07, 6.45) is 13.9. The number of amides is 2. The van der Waals surface area contributed by atoms with Crippen molar-refractivity contribution in [2.45, 2.75) is 109 Å². The fourth-order valence-corrected chi connectivity index (χ4v) is 10.2. The molecule has 4 heterocycles. The number of hydrogen-bond donors (Lipinski definition) is 1. The Kier molecular flexibility index (Phi) is 9.14. The molecule has 46 heavy (non-hydrogen) atoms. The van der Waals surface area contributed by atoms with Gasteiger partial charge >= 0.3 is 6.03 Å². The van der Waals surface area contributed by atoms with Crippen LogP contribution in [0.3, 0.4) is 0 Å². The quantitative estimate of drug-likeness (QED) is 0.286. The molecule has 2 aromatic rings. The molecule has 8 heteroatoms. The van der Waals surface area contributed by atoms with Gasteiger partial charge in [-0.3, -0.25) is 4.90 Å². The van der Waals surface area contributed by atoms with E-state index in [4.69, 9.17) is 4.98 Å². The lowest BCUT2D eigenvalue weighted by Gasteiger charge is -2.56. The summed E-state index contributed by atoms with van der Waals surface area (Å²) >= 11 is 0. The summed E-state index contributed by atoms with van der Waals surface area (Å²) in [6.45, 7) is 16.6. The van der Waals surface area contributed by atoms with Crippen molar-refractivity contribution in [2.24, 2.45) is 23.7 Å². The minimum absolute atomic E-state index is 0. The van der Waals surface area contributed by atoms with Crippen molar-refractivity contribution in [2.75, 3.05) is 41.3 Å². The number of nitrogens with zero attached hydrogens (tertiary/aromatic N) is 5. The number of anilines is 3. The third kappa shape index (κ3) is 6.26. The second kappa shape index (κ2) is 12.8. The SMILES string of the molecule is C=C(C)c1ccc(N2CCN(C34CC5CCCC(CC(C5)C3)C4)C2=O)nc1N1C[C@@H](CCCNc2cccc(C)n2)CC1(C)C.O.[HH]. The third-order valence-corrected chi connectivity index (χ3v) is 11.9. The van der Waals surface area contributed by atoms with Crippen molar-refractivity contribution in [3.8, 4) is 0 Å². The van der Waals surface area contributed by atoms with Crippen molar-refractivity contribution in [1.82, 2.24) is 14.9 Å². The maximum absolute atomic E-state index is 14.3. The van der Waals surface area contributed by atoms with Gasteiger partial charge in [-0.25, -0.2) is 14.8 Å². The van der Waals surface area contributed by atoms with Gasteiger partial charge in [0.05, 0.1) is 0 Å². The Hall–Kier alpha value is -3.13. The molecule has 0 spiro atoms. The van der Waals surface area contributed by atoms with Crippen LogP contribution in [0, 0.1) is 30.6 Å². The van der Waals surface area contributed by atoms with Crippen molar-refractivity contribution in [1.29, 1.82) is 0 Å². The zero-order valence-electron chi connectivity index (χ0n) is 28.7. The summed E-state index contributed by atoms with van der Waals surface area (Å²) in [6, 6.07) is 10.5. The summed E-state index contributed by atoms with van der Waals surface area (Å²) in [5, 5.41) is 3.50. The largest absolute Gasteiger partial charge is 0.412 e. The maximum Gasteiger partial charge on any atom is 0.326 e. The van der Waals surface area contributed by atoms with Crippen LogP contribution in [0.15, 0.2) is 36.9 Å². The van der Waals surface area contributed by atoms with Crippen LogP contribution < -0.4 is 15.1 Å². The number of fused-ring (bicyclic) bond motifs is 2. The highest BCUT2D eigenvalue weighted by Gasteiger charge is 2.54. The lowest BCUT2D eigenvalue weighted by molar-refractivity contribution is -0.0300. The first-order chi connectivity index (χ1) is 21.6. The van der Waals surface area contributed by atoms with Gasteiger partial charge in [0.15, 0.2) is 0 Å². The van der Waals surface area contributed by atoms with E-state index in [2.05, 4.69) is 65.6 Å². The molecule has 0 radical (unpaired) electrons. The Morgan fingerprint density at radius 1 is 1.00 bits per heavy atom. The van der Waals surface area contributed by atoms with E-state index in [-0.39, 0.29) is 24.0 Å². The normalized spacial score (nSPS) is 29.9. The van der Waals surface area contributed by atoms with Gasteiger partial charge in [-0.1, -0.05) is 31.9 Å². The minimum Gasteiger partial charge on any atom is -0.412 e. The number of urea groups is 1. The van der Waals surface area contributed by atoms with Gasteiger partial charge in [-0.2, -0.15) is 0 Å². The number of allylic oxidation sites excluding steroid dienone is 1. The van der Waals surface area contributed by atoms with Gasteiger partial charge in [-0.05, 0) is 133 Å². The topological polar surface area (TPSA) is 96.1 Å². The van der Waals surface area contributed by atoms with Gasteiger partial charge in [-0.15, -0.1) is 0 Å². The molecule has 6 aliphatic rings. The summed E-state index contributed by atoms with van der Waals surface area (Å²) < 4.78 is 0. The van der Waals surface area contributed by atoms with Crippen LogP contribution in [0.25, 0.3) is 5.57 Å². The number of pyridine rings is 2. The zero-order chi connectivity index (χ0) is 31.3. The number of carbonyl (C=O) groups excluding carboxylic acids is 1. The molecule has 3 N–H and O–H groups in total. The van der Waals surface area contributed by atoms with E-state index < -0.39 is 0 Å². The highest BCUT2D eigenvalue weighted by molar-refractivity contribution is 5.94. The molecule has 4 aliphatic carbocycles. The van der Waals surface area contributed by atoms with Crippen LogP contribution in [-0.4, -0.2) is 63.6 Å². The van der Waals surface area contributed by atoms with Crippen LogP contribution in [0.4, 0.5) is 22.2 Å². The summed E-state index contributed by atoms with van der Waals surface area (Å²) in [5.74, 6) is 5.74. The predicted molar refractivity (Wildman–Crippen MR) is 190 cm³/mol. The average molecular weight is 631 g/mol. The first-order valence-corrected chi connectivity index (χ1v) is 17.8. The van der Waals surface area contributed by atoms with E-state index in [0.29, 0.717) is 5.92 Å². The molecule has 252 valence electrons. The van der Waals surface area contributed by atoms with E-state index in [1.165, 1.54) is 51.4 Å². The number of aromatic nitrogens is 2. The summed E-state index contributed by atoms with van der Waals surface area (Å²) in [5.41, 5.74) is 3.20. The molecule has 4 saturated carbocycles. The second-order valence-electron chi connectivity index (χ2n) is 16.0. The van der Waals surface area contributed by atoms with Crippen molar-refractivity contribution in [3.05, 3.63) is 48.2 Å². The average Bonchev–Trinajstić information content (AvgIpc) is 3.52. The van der Waals surface area contributed by atoms with Gasteiger partial charge < -0.3 is 20.6 Å². The van der Waals surface area contributed by atoms with Gasteiger partial charge in [0.2, 0.25) is 0 Å². The van der Waals surface area contributed by atoms with Crippen LogP contribution in [-0.2, 0) is 0 Å². The molecular formula is C38H58N6O2. The van der Waals surface area contributed by atoms with Crippen LogP contribution in [0.2, 0.25) is 0 Å². The lowest BCUT2D eigenvalue weighted by Crippen LogP contribution is -2.58. The van der Waals surface area contributed by atoms with Gasteiger partial charge in [0.25, 0.3) is 0 Å². The number of aryl methyl sites for hydroxylation is 1. The van der Waals surface area contributed by atoms with E-state index in [9.17, 15) is 4.79 Å². The Labute approximate surface area is 277 Å². The number of nitrogens with one attached hydrogen (secondary N) is 1. The van der Waals surface area contributed by atoms with Crippen LogP contribution >= 0.6 is 0 Å². The van der Waals surface area contributed by atoms with Gasteiger partial charge in [0.1, 0.15) is 17.5 Å². The first kappa shape index (κ1) is 32.8. The molecular weight excluding hydrogens is 572 g/mol. The van der Waals surface area contributed by atoms with Crippen LogP contribution in [0.1, 0.15) is 104 Å². The standard InChI is InChI=1S/C38H54N6O.H2O.H2/c1-26(2)32-14-15-34(42-17-18-43(36(42)45)38-22-28-10-7-11-29(23-38)20-31(19-28)24-38)41-35(32)44-25-30(21-37(44,4)5)12-8-16-39-33-13-6-9-27(3)40-33;;/h6,9,13-15,28-31H,1,7-8,10-12,16-25H2,2-5H3,(H,39,40);1H2;1H/t28?,29?,30-,31?,38?;;/m0../s1. The predicted octanol–water partition coefficient (Wildman–Crippen LogP) is 7.73. The smallest absolute Gasteiger partial charge is 0.326 e. The highest BCUT2D eigenvalue weighted by atomic mass is 16.2. The Balaban J connectivity index is 0.00000217. The molecule has 2 aromatic heterocycles. The summed E-state index contributed by atoms with van der Waals surface area (Å²) in [7, 11) is 0. The number of hydrogen-bond acceptors (Lipinski definition) is 5. The summed E-state index contributed by atoms with van der Waals surface area (Å²) in [4.78, 5) is 31.0. The molecule has 3 atom stereocenters.